The highest BCUT2D eigenvalue weighted by molar-refractivity contribution is 5.88. The summed E-state index contributed by atoms with van der Waals surface area (Å²) in [6.45, 7) is -2.15. The molecule has 1 aromatic heterocycles. The van der Waals surface area contributed by atoms with Crippen LogP contribution in [0.3, 0.4) is 0 Å². The van der Waals surface area contributed by atoms with Gasteiger partial charge in [-0.3, -0.25) is 4.79 Å². The van der Waals surface area contributed by atoms with Crippen molar-refractivity contribution in [1.82, 2.24) is 0 Å². The molecule has 3 fully saturated rings. The summed E-state index contributed by atoms with van der Waals surface area (Å²) < 4.78 is 45.2. The number of methoxy groups -OCH3 is 1. The van der Waals surface area contributed by atoms with Crippen molar-refractivity contribution in [3.63, 3.8) is 0 Å². The van der Waals surface area contributed by atoms with E-state index >= 15 is 0 Å². The molecule has 0 saturated carbocycles. The minimum Gasteiger partial charge on any atom is -0.508 e. The van der Waals surface area contributed by atoms with Gasteiger partial charge in [0.25, 0.3) is 0 Å². The highest BCUT2D eigenvalue weighted by Crippen LogP contribution is 2.41. The van der Waals surface area contributed by atoms with E-state index in [1.165, 1.54) is 25.3 Å². The first kappa shape index (κ1) is 39.8. The highest BCUT2D eigenvalue weighted by atomic mass is 16.8. The van der Waals surface area contributed by atoms with E-state index in [1.54, 1.807) is 0 Å². The monoisotopic (exact) mass is 772 g/mol. The molecule has 298 valence electrons. The van der Waals surface area contributed by atoms with Crippen LogP contribution in [0.2, 0.25) is 0 Å². The highest BCUT2D eigenvalue weighted by Gasteiger charge is 2.50. The number of aliphatic hydroxyl groups is 10. The number of hydrogen-bond donors (Lipinski definition) is 12. The molecule has 2 aromatic carbocycles. The third-order valence-electron chi connectivity index (χ3n) is 9.24. The Hall–Kier alpha value is -3.91. The number of ether oxygens (including phenoxy) is 7. The maximum atomic E-state index is 14.2. The fraction of sp³-hybridized carbons (Fsp3) is 0.545. The molecule has 14 atom stereocenters. The molecule has 21 nitrogen and oxygen atoms in total. The zero-order valence-corrected chi connectivity index (χ0v) is 28.1. The number of phenolic OH excluding ortho intramolecular Hbond substituents is 2. The average molecular weight is 773 g/mol. The molecule has 0 radical (unpaired) electrons. The van der Waals surface area contributed by atoms with Crippen molar-refractivity contribution in [2.24, 2.45) is 0 Å². The third kappa shape index (κ3) is 7.39. The molecule has 3 saturated heterocycles. The number of aliphatic hydroxyl groups excluding tert-OH is 10. The van der Waals surface area contributed by atoms with Crippen LogP contribution < -0.4 is 19.6 Å². The minimum atomic E-state index is -1.97. The van der Waals surface area contributed by atoms with E-state index in [0.29, 0.717) is 0 Å². The van der Waals surface area contributed by atoms with Crippen molar-refractivity contribution in [2.75, 3.05) is 26.9 Å². The number of fused-ring (bicyclic) bond motifs is 1. The van der Waals surface area contributed by atoms with Gasteiger partial charge in [0.05, 0.1) is 26.9 Å². The maximum Gasteiger partial charge on any atom is 0.239 e. The Morgan fingerprint density at radius 1 is 0.722 bits per heavy atom. The Balaban J connectivity index is 1.44. The molecular weight excluding hydrogens is 732 g/mol. The van der Waals surface area contributed by atoms with Crippen LogP contribution in [0.4, 0.5) is 0 Å². The molecular formula is C33H40O21. The number of benzene rings is 2. The van der Waals surface area contributed by atoms with Crippen LogP contribution in [0.5, 0.6) is 28.7 Å². The topological polar surface area (TPSA) is 338 Å². The van der Waals surface area contributed by atoms with Gasteiger partial charge in [0.2, 0.25) is 23.8 Å². The van der Waals surface area contributed by atoms with Gasteiger partial charge in [0, 0.05) is 17.7 Å². The summed E-state index contributed by atoms with van der Waals surface area (Å²) in [5, 5.41) is 123. The summed E-state index contributed by atoms with van der Waals surface area (Å²) in [5.41, 5.74) is -1.52. The SMILES string of the molecule is COc1ccc(-c2oc3cc(O)cc(O)c3c(=O)c2OC2OC(CO)C(O)C(O)C2OC2OCC(O)C(O)C2O)cc1OC1OC(CO)C(O)C(O)C1O. The largest absolute Gasteiger partial charge is 0.508 e. The lowest BCUT2D eigenvalue weighted by atomic mass is 9.98. The van der Waals surface area contributed by atoms with Gasteiger partial charge in [-0.2, -0.15) is 0 Å². The standard InChI is InChI=1S/C33H40O21/c1-47-14-3-2-10(4-15(14)50-32-27(46)24(43)21(40)17(7-34)51-32)28-29(23(42)19-12(37)5-11(36)6-16(19)49-28)53-33-30(25(44)22(41)18(8-35)52-33)54-31-26(45)20(39)13(38)9-48-31/h2-6,13,17-18,20-22,24-27,30-41,43-46H,7-9H2,1H3. The predicted molar refractivity (Wildman–Crippen MR) is 173 cm³/mol. The number of hydrogen-bond acceptors (Lipinski definition) is 21. The van der Waals surface area contributed by atoms with Gasteiger partial charge in [-0.1, -0.05) is 0 Å². The molecule has 4 heterocycles. The second kappa shape index (κ2) is 16.1. The summed E-state index contributed by atoms with van der Waals surface area (Å²) in [6, 6.07) is 5.70. The summed E-state index contributed by atoms with van der Waals surface area (Å²) in [4.78, 5) is 14.2. The van der Waals surface area contributed by atoms with Crippen molar-refractivity contribution in [2.45, 2.75) is 86.0 Å². The van der Waals surface area contributed by atoms with Crippen LogP contribution in [0.25, 0.3) is 22.3 Å². The van der Waals surface area contributed by atoms with Crippen molar-refractivity contribution >= 4 is 11.0 Å². The quantitative estimate of drug-likeness (QED) is 0.0927. The van der Waals surface area contributed by atoms with Gasteiger partial charge in [-0.15, -0.1) is 0 Å². The zero-order chi connectivity index (χ0) is 39.2. The molecule has 0 amide bonds. The molecule has 21 heteroatoms. The molecule has 6 rings (SSSR count). The zero-order valence-electron chi connectivity index (χ0n) is 28.1. The summed E-state index contributed by atoms with van der Waals surface area (Å²) in [7, 11) is 1.26. The Labute approximate surface area is 303 Å². The van der Waals surface area contributed by atoms with Crippen molar-refractivity contribution in [1.29, 1.82) is 0 Å². The van der Waals surface area contributed by atoms with Crippen molar-refractivity contribution in [3.05, 3.63) is 40.6 Å². The smallest absolute Gasteiger partial charge is 0.239 e. The van der Waals surface area contributed by atoms with E-state index in [9.17, 15) is 66.1 Å². The van der Waals surface area contributed by atoms with Crippen LogP contribution in [0, 0.1) is 0 Å². The number of rotatable bonds is 10. The van der Waals surface area contributed by atoms with E-state index in [4.69, 9.17) is 37.6 Å². The average Bonchev–Trinajstić information content (AvgIpc) is 3.15. The second-order valence-corrected chi connectivity index (χ2v) is 12.8. The maximum absolute atomic E-state index is 14.2. The van der Waals surface area contributed by atoms with Crippen LogP contribution in [-0.4, -0.2) is 174 Å². The lowest BCUT2D eigenvalue weighted by molar-refractivity contribution is -0.345. The molecule has 14 unspecified atom stereocenters. The van der Waals surface area contributed by atoms with E-state index in [-0.39, 0.29) is 22.6 Å². The molecule has 0 bridgehead atoms. The normalized spacial score (nSPS) is 35.8. The molecule has 3 aromatic rings. The number of aromatic hydroxyl groups is 2. The fourth-order valence-corrected chi connectivity index (χ4v) is 6.23. The summed E-state index contributed by atoms with van der Waals surface area (Å²) in [5.74, 6) is -2.69. The lowest BCUT2D eigenvalue weighted by Crippen LogP contribution is -2.64. The molecule has 12 N–H and O–H groups in total. The van der Waals surface area contributed by atoms with Crippen molar-refractivity contribution in [3.8, 4) is 40.1 Å². The van der Waals surface area contributed by atoms with Crippen LogP contribution in [-0.2, 0) is 18.9 Å². The van der Waals surface area contributed by atoms with Gasteiger partial charge < -0.3 is 98.9 Å². The van der Waals surface area contributed by atoms with Gasteiger partial charge >= 0.3 is 0 Å². The first-order valence-corrected chi connectivity index (χ1v) is 16.5. The Morgan fingerprint density at radius 3 is 2.04 bits per heavy atom. The van der Waals surface area contributed by atoms with E-state index in [2.05, 4.69) is 0 Å². The Morgan fingerprint density at radius 2 is 1.37 bits per heavy atom. The van der Waals surface area contributed by atoms with Crippen LogP contribution in [0.15, 0.2) is 39.5 Å². The van der Waals surface area contributed by atoms with E-state index in [1.807, 2.05) is 0 Å². The predicted octanol–water partition coefficient (Wildman–Crippen LogP) is -4.30. The van der Waals surface area contributed by atoms with Crippen LogP contribution >= 0.6 is 0 Å². The molecule has 0 spiro atoms. The van der Waals surface area contributed by atoms with Gasteiger partial charge in [-0.05, 0) is 18.2 Å². The lowest BCUT2D eigenvalue weighted by Gasteiger charge is -2.44. The Bertz CT molecular complexity index is 1830. The van der Waals surface area contributed by atoms with Gasteiger partial charge in [0.15, 0.2) is 29.7 Å². The molecule has 54 heavy (non-hydrogen) atoms. The fourth-order valence-electron chi connectivity index (χ4n) is 6.23. The molecule has 3 aliphatic rings. The summed E-state index contributed by atoms with van der Waals surface area (Å²) >= 11 is 0. The Kier molecular flexibility index (Phi) is 11.8. The first-order chi connectivity index (χ1) is 25.7. The van der Waals surface area contributed by atoms with Crippen LogP contribution in [0.1, 0.15) is 0 Å². The van der Waals surface area contributed by atoms with E-state index in [0.717, 1.165) is 12.1 Å². The van der Waals surface area contributed by atoms with Crippen molar-refractivity contribution < 1.29 is 98.9 Å². The number of phenols is 2. The van der Waals surface area contributed by atoms with E-state index < -0.39 is 140 Å². The molecule has 3 aliphatic heterocycles. The second-order valence-electron chi connectivity index (χ2n) is 12.8. The first-order valence-electron chi connectivity index (χ1n) is 16.5. The van der Waals surface area contributed by atoms with Gasteiger partial charge in [-0.25, -0.2) is 0 Å². The minimum absolute atomic E-state index is 0.00178. The third-order valence-corrected chi connectivity index (χ3v) is 9.24. The van der Waals surface area contributed by atoms with Gasteiger partial charge in [0.1, 0.15) is 83.5 Å². The summed E-state index contributed by atoms with van der Waals surface area (Å²) in [6.07, 6.45) is -24.4. The molecule has 0 aliphatic carbocycles.